The van der Waals surface area contributed by atoms with Crippen molar-refractivity contribution in [2.24, 2.45) is 0 Å². The highest BCUT2D eigenvalue weighted by Gasteiger charge is 2.26. The van der Waals surface area contributed by atoms with Gasteiger partial charge in [0.1, 0.15) is 5.60 Å². The number of benzene rings is 1. The normalized spacial score (nSPS) is 15.1. The van der Waals surface area contributed by atoms with Crippen LogP contribution in [0.3, 0.4) is 0 Å². The minimum Gasteiger partial charge on any atom is -0.383 e. The lowest BCUT2D eigenvalue weighted by atomic mass is 9.91. The summed E-state index contributed by atoms with van der Waals surface area (Å²) in [4.78, 5) is 0. The van der Waals surface area contributed by atoms with Crippen molar-refractivity contribution in [1.82, 2.24) is 0 Å². The lowest BCUT2D eigenvalue weighted by Crippen LogP contribution is -2.30. The van der Waals surface area contributed by atoms with Crippen LogP contribution in [0, 0.1) is 6.92 Å². The van der Waals surface area contributed by atoms with Gasteiger partial charge in [-0.15, -0.1) is 0 Å². The minimum absolute atomic E-state index is 0.340. The second kappa shape index (κ2) is 4.58. The molecule has 1 rings (SSSR count). The molecule has 1 aromatic carbocycles. The molecule has 0 amide bonds. The highest BCUT2D eigenvalue weighted by Crippen LogP contribution is 2.25. The van der Waals surface area contributed by atoms with Crippen LogP contribution in [-0.4, -0.2) is 18.8 Å². The molecule has 0 saturated carbocycles. The van der Waals surface area contributed by atoms with Crippen molar-refractivity contribution in [2.45, 2.75) is 25.9 Å². The predicted octanol–water partition coefficient (Wildman–Crippen LogP) is 2.24. The van der Waals surface area contributed by atoms with Crippen molar-refractivity contribution in [1.29, 1.82) is 0 Å². The molecule has 0 saturated heterocycles. The van der Waals surface area contributed by atoms with Crippen molar-refractivity contribution >= 4 is 0 Å². The summed E-state index contributed by atoms with van der Waals surface area (Å²) >= 11 is 0. The monoisotopic (exact) mass is 194 g/mol. The van der Waals surface area contributed by atoms with Gasteiger partial charge in [-0.2, -0.15) is 0 Å². The van der Waals surface area contributed by atoms with Gasteiger partial charge >= 0.3 is 0 Å². The van der Waals surface area contributed by atoms with Gasteiger partial charge in [-0.25, -0.2) is 0 Å². The van der Waals surface area contributed by atoms with Crippen LogP contribution >= 0.6 is 0 Å². The van der Waals surface area contributed by atoms with Crippen LogP contribution in [0.1, 0.15) is 24.5 Å². The van der Waals surface area contributed by atoms with Gasteiger partial charge in [0.05, 0.1) is 6.61 Å². The third-order valence-electron chi connectivity index (χ3n) is 2.52. The lowest BCUT2D eigenvalue weighted by Gasteiger charge is -2.26. The summed E-state index contributed by atoms with van der Waals surface area (Å²) in [6, 6.07) is 7.92. The molecule has 1 aromatic rings. The van der Waals surface area contributed by atoms with E-state index in [1.165, 1.54) is 0 Å². The predicted molar refractivity (Wildman–Crippen MR) is 57.2 cm³/mol. The molecule has 2 heteroatoms. The molecule has 14 heavy (non-hydrogen) atoms. The largest absolute Gasteiger partial charge is 0.383 e. The maximum atomic E-state index is 10.3. The van der Waals surface area contributed by atoms with Gasteiger partial charge in [0.2, 0.25) is 0 Å². The third kappa shape index (κ3) is 2.34. The fourth-order valence-corrected chi connectivity index (χ4v) is 1.56. The number of aryl methyl sites for hydroxylation is 1. The number of methoxy groups -OCH3 is 1. The molecular weight excluding hydrogens is 176 g/mol. The number of hydrogen-bond acceptors (Lipinski definition) is 2. The molecule has 1 unspecified atom stereocenters. The fraction of sp³-hybridized carbons (Fsp3) is 0.500. The summed E-state index contributed by atoms with van der Waals surface area (Å²) in [7, 11) is 1.61. The molecule has 0 aromatic heterocycles. The van der Waals surface area contributed by atoms with E-state index in [4.69, 9.17) is 4.74 Å². The Morgan fingerprint density at radius 1 is 1.43 bits per heavy atom. The van der Waals surface area contributed by atoms with Crippen LogP contribution in [0.5, 0.6) is 0 Å². The Bertz CT molecular complexity index is 296. The molecule has 0 heterocycles. The number of ether oxygens (including phenoxy) is 1. The number of aliphatic hydroxyl groups is 1. The molecule has 0 aliphatic heterocycles. The summed E-state index contributed by atoms with van der Waals surface area (Å²) in [5.41, 5.74) is 1.24. The van der Waals surface area contributed by atoms with Crippen molar-refractivity contribution < 1.29 is 9.84 Å². The zero-order valence-corrected chi connectivity index (χ0v) is 9.08. The highest BCUT2D eigenvalue weighted by atomic mass is 16.5. The van der Waals surface area contributed by atoms with Gasteiger partial charge in [0.15, 0.2) is 0 Å². The van der Waals surface area contributed by atoms with Crippen molar-refractivity contribution in [2.75, 3.05) is 13.7 Å². The Kier molecular flexibility index (Phi) is 3.67. The van der Waals surface area contributed by atoms with Gasteiger partial charge in [0.25, 0.3) is 0 Å². The SMILES string of the molecule is CCC(O)(COC)c1cccc(C)c1. The van der Waals surface area contributed by atoms with Crippen molar-refractivity contribution in [3.05, 3.63) is 35.4 Å². The Morgan fingerprint density at radius 2 is 2.14 bits per heavy atom. The smallest absolute Gasteiger partial charge is 0.113 e. The van der Waals surface area contributed by atoms with Crippen LogP contribution in [0.15, 0.2) is 24.3 Å². The van der Waals surface area contributed by atoms with E-state index in [1.54, 1.807) is 7.11 Å². The summed E-state index contributed by atoms with van der Waals surface area (Å²) < 4.78 is 5.04. The van der Waals surface area contributed by atoms with Gasteiger partial charge in [-0.3, -0.25) is 0 Å². The molecule has 0 aliphatic rings. The van der Waals surface area contributed by atoms with Crippen molar-refractivity contribution in [3.8, 4) is 0 Å². The third-order valence-corrected chi connectivity index (χ3v) is 2.52. The first-order valence-electron chi connectivity index (χ1n) is 4.91. The number of rotatable bonds is 4. The lowest BCUT2D eigenvalue weighted by molar-refractivity contribution is -0.0386. The van der Waals surface area contributed by atoms with E-state index >= 15 is 0 Å². The Labute approximate surface area is 85.5 Å². The topological polar surface area (TPSA) is 29.5 Å². The molecular formula is C12H18O2. The standard InChI is InChI=1S/C12H18O2/c1-4-12(13,9-14-3)11-7-5-6-10(2)8-11/h5-8,13H,4,9H2,1-3H3. The van der Waals surface area contributed by atoms with Crippen LogP contribution in [0.2, 0.25) is 0 Å². The van der Waals surface area contributed by atoms with E-state index in [1.807, 2.05) is 38.1 Å². The summed E-state index contributed by atoms with van der Waals surface area (Å²) in [5, 5.41) is 10.3. The average molecular weight is 194 g/mol. The zero-order valence-electron chi connectivity index (χ0n) is 9.08. The van der Waals surface area contributed by atoms with Crippen LogP contribution in [-0.2, 0) is 10.3 Å². The van der Waals surface area contributed by atoms with Gasteiger partial charge in [-0.05, 0) is 18.9 Å². The molecule has 1 atom stereocenters. The van der Waals surface area contributed by atoms with Crippen LogP contribution in [0.4, 0.5) is 0 Å². The molecule has 0 aliphatic carbocycles. The van der Waals surface area contributed by atoms with E-state index in [0.29, 0.717) is 13.0 Å². The van der Waals surface area contributed by atoms with Gasteiger partial charge in [-0.1, -0.05) is 36.8 Å². The number of hydrogen-bond donors (Lipinski definition) is 1. The zero-order chi connectivity index (χ0) is 10.6. The second-order valence-electron chi connectivity index (χ2n) is 3.69. The molecule has 0 spiro atoms. The quantitative estimate of drug-likeness (QED) is 0.796. The highest BCUT2D eigenvalue weighted by molar-refractivity contribution is 5.27. The maximum absolute atomic E-state index is 10.3. The van der Waals surface area contributed by atoms with Crippen molar-refractivity contribution in [3.63, 3.8) is 0 Å². The average Bonchev–Trinajstić information content (AvgIpc) is 2.18. The van der Waals surface area contributed by atoms with E-state index in [9.17, 15) is 5.11 Å². The molecule has 1 N–H and O–H groups in total. The summed E-state index contributed by atoms with van der Waals surface area (Å²) in [6.07, 6.45) is 0.657. The van der Waals surface area contributed by atoms with Crippen LogP contribution in [0.25, 0.3) is 0 Å². The van der Waals surface area contributed by atoms with E-state index in [0.717, 1.165) is 11.1 Å². The van der Waals surface area contributed by atoms with Crippen LogP contribution < -0.4 is 0 Å². The summed E-state index contributed by atoms with van der Waals surface area (Å²) in [5.74, 6) is 0. The summed E-state index contributed by atoms with van der Waals surface area (Å²) in [6.45, 7) is 4.32. The van der Waals surface area contributed by atoms with Gasteiger partial charge < -0.3 is 9.84 Å². The van der Waals surface area contributed by atoms with E-state index in [-0.39, 0.29) is 0 Å². The first-order valence-corrected chi connectivity index (χ1v) is 4.91. The van der Waals surface area contributed by atoms with E-state index < -0.39 is 5.60 Å². The molecule has 0 radical (unpaired) electrons. The first kappa shape index (κ1) is 11.2. The minimum atomic E-state index is -0.846. The van der Waals surface area contributed by atoms with E-state index in [2.05, 4.69) is 0 Å². The molecule has 2 nitrogen and oxygen atoms in total. The molecule has 78 valence electrons. The Morgan fingerprint density at radius 3 is 2.64 bits per heavy atom. The molecule has 0 fully saturated rings. The molecule has 0 bridgehead atoms. The Hall–Kier alpha value is -0.860. The van der Waals surface area contributed by atoms with Gasteiger partial charge in [0, 0.05) is 7.11 Å². The maximum Gasteiger partial charge on any atom is 0.113 e. The second-order valence-corrected chi connectivity index (χ2v) is 3.69. The fourth-order valence-electron chi connectivity index (χ4n) is 1.56. The first-order chi connectivity index (χ1) is 6.62. The Balaban J connectivity index is 2.99.